The fourth-order valence-corrected chi connectivity index (χ4v) is 5.36. The molecule has 130 valence electrons. The normalized spacial score (nSPS) is 36.0. The molecule has 0 radical (unpaired) electrons. The van der Waals surface area contributed by atoms with Gasteiger partial charge < -0.3 is 0 Å². The average Bonchev–Trinajstić information content (AvgIpc) is 2.54. The Balaban J connectivity index is 1.65. The van der Waals surface area contributed by atoms with Crippen LogP contribution in [0.1, 0.15) is 105 Å². The zero-order valence-electron chi connectivity index (χ0n) is 15.9. The van der Waals surface area contributed by atoms with E-state index < -0.39 is 0 Å². The molecule has 2 saturated carbocycles. The second-order valence-electron chi connectivity index (χ2n) is 9.14. The van der Waals surface area contributed by atoms with E-state index >= 15 is 0 Å². The summed E-state index contributed by atoms with van der Waals surface area (Å²) in [6.07, 6.45) is 18.0. The third-order valence-electron chi connectivity index (χ3n) is 7.24. The highest BCUT2D eigenvalue weighted by atomic mass is 14.4. The summed E-state index contributed by atoms with van der Waals surface area (Å²) < 4.78 is 0. The van der Waals surface area contributed by atoms with E-state index in [0.717, 1.165) is 35.5 Å². The second-order valence-corrected chi connectivity index (χ2v) is 9.14. The van der Waals surface area contributed by atoms with Crippen molar-refractivity contribution in [2.45, 2.75) is 105 Å². The third kappa shape index (κ3) is 5.57. The van der Waals surface area contributed by atoms with Crippen molar-refractivity contribution in [3.63, 3.8) is 0 Å². The zero-order chi connectivity index (χ0) is 15.9. The molecule has 2 atom stereocenters. The molecule has 0 spiro atoms. The predicted molar refractivity (Wildman–Crippen MR) is 99.0 cm³/mol. The van der Waals surface area contributed by atoms with Crippen LogP contribution in [0.5, 0.6) is 0 Å². The Morgan fingerprint density at radius 1 is 0.727 bits per heavy atom. The highest BCUT2D eigenvalue weighted by molar-refractivity contribution is 4.82. The molecule has 0 nitrogen and oxygen atoms in total. The first kappa shape index (κ1) is 18.3. The molecule has 0 aromatic carbocycles. The van der Waals surface area contributed by atoms with Crippen LogP contribution in [-0.2, 0) is 0 Å². The molecule has 0 aromatic heterocycles. The predicted octanol–water partition coefficient (Wildman–Crippen LogP) is 7.47. The van der Waals surface area contributed by atoms with Crippen LogP contribution in [0.4, 0.5) is 0 Å². The number of hydrogen-bond donors (Lipinski definition) is 0. The molecular weight excluding hydrogens is 264 g/mol. The summed E-state index contributed by atoms with van der Waals surface area (Å²) in [5, 5.41) is 0. The lowest BCUT2D eigenvalue weighted by molar-refractivity contribution is 0.127. The van der Waals surface area contributed by atoms with Crippen LogP contribution in [0.3, 0.4) is 0 Å². The quantitative estimate of drug-likeness (QED) is 0.457. The molecule has 2 aliphatic rings. The summed E-state index contributed by atoms with van der Waals surface area (Å²) in [6, 6.07) is 0. The largest absolute Gasteiger partial charge is 0.0654 e. The molecule has 2 unspecified atom stereocenters. The van der Waals surface area contributed by atoms with E-state index in [1.165, 1.54) is 38.5 Å². The highest BCUT2D eigenvalue weighted by Crippen LogP contribution is 2.43. The van der Waals surface area contributed by atoms with Gasteiger partial charge in [-0.1, -0.05) is 66.2 Å². The fraction of sp³-hybridized carbons (Fsp3) is 1.00. The van der Waals surface area contributed by atoms with Crippen molar-refractivity contribution in [1.82, 2.24) is 0 Å². The lowest BCUT2D eigenvalue weighted by Crippen LogP contribution is -2.27. The number of rotatable bonds is 7. The van der Waals surface area contributed by atoms with Gasteiger partial charge in [-0.2, -0.15) is 0 Å². The molecule has 0 heteroatoms. The minimum absolute atomic E-state index is 0.952. The summed E-state index contributed by atoms with van der Waals surface area (Å²) in [5.41, 5.74) is 0. The standard InChI is InChI=1S/C22H42/c1-5-6-17(2)7-10-19(4)20-13-15-22(16-14-20)21-11-8-18(3)9-12-21/h17-22H,5-16H2,1-4H3. The SMILES string of the molecule is CCCC(C)CCC(C)C1CCC(C2CCC(C)CC2)CC1. The smallest absolute Gasteiger partial charge is 0.0386 e. The molecule has 22 heavy (non-hydrogen) atoms. The minimum atomic E-state index is 0.952. The van der Waals surface area contributed by atoms with Gasteiger partial charge in [0.25, 0.3) is 0 Å². The lowest BCUT2D eigenvalue weighted by atomic mass is 9.67. The van der Waals surface area contributed by atoms with E-state index in [1.54, 1.807) is 38.5 Å². The third-order valence-corrected chi connectivity index (χ3v) is 7.24. The van der Waals surface area contributed by atoms with Crippen molar-refractivity contribution < 1.29 is 0 Å². The van der Waals surface area contributed by atoms with Crippen LogP contribution in [0, 0.1) is 35.5 Å². The Hall–Kier alpha value is 0. The van der Waals surface area contributed by atoms with Gasteiger partial charge in [0.2, 0.25) is 0 Å². The summed E-state index contributed by atoms with van der Waals surface area (Å²) in [5.74, 6) is 6.18. The van der Waals surface area contributed by atoms with E-state index in [2.05, 4.69) is 27.7 Å². The molecule has 0 aliphatic heterocycles. The second kappa shape index (κ2) is 9.33. The molecule has 0 amide bonds. The van der Waals surface area contributed by atoms with Crippen molar-refractivity contribution in [2.75, 3.05) is 0 Å². The van der Waals surface area contributed by atoms with Crippen LogP contribution in [0.2, 0.25) is 0 Å². The number of hydrogen-bond acceptors (Lipinski definition) is 0. The van der Waals surface area contributed by atoms with Crippen LogP contribution in [-0.4, -0.2) is 0 Å². The Bertz CT molecular complexity index is 278. The Labute approximate surface area is 140 Å². The van der Waals surface area contributed by atoms with Crippen molar-refractivity contribution in [3.8, 4) is 0 Å². The van der Waals surface area contributed by atoms with Crippen molar-refractivity contribution in [3.05, 3.63) is 0 Å². The summed E-state index contributed by atoms with van der Waals surface area (Å²) >= 11 is 0. The zero-order valence-corrected chi connectivity index (χ0v) is 15.9. The summed E-state index contributed by atoms with van der Waals surface area (Å²) in [7, 11) is 0. The van der Waals surface area contributed by atoms with Gasteiger partial charge in [-0.05, 0) is 74.0 Å². The van der Waals surface area contributed by atoms with E-state index in [-0.39, 0.29) is 0 Å². The van der Waals surface area contributed by atoms with Gasteiger partial charge in [-0.15, -0.1) is 0 Å². The molecule has 2 aliphatic carbocycles. The topological polar surface area (TPSA) is 0 Å². The molecule has 0 aromatic rings. The van der Waals surface area contributed by atoms with Crippen LogP contribution in [0.25, 0.3) is 0 Å². The summed E-state index contributed by atoms with van der Waals surface area (Å²) in [6.45, 7) is 9.78. The first-order chi connectivity index (χ1) is 10.6. The fourth-order valence-electron chi connectivity index (χ4n) is 5.36. The first-order valence-electron chi connectivity index (χ1n) is 10.6. The van der Waals surface area contributed by atoms with Crippen molar-refractivity contribution >= 4 is 0 Å². The maximum absolute atomic E-state index is 2.55. The first-order valence-corrected chi connectivity index (χ1v) is 10.6. The minimum Gasteiger partial charge on any atom is -0.0654 e. The van der Waals surface area contributed by atoms with Crippen molar-refractivity contribution in [1.29, 1.82) is 0 Å². The lowest BCUT2D eigenvalue weighted by Gasteiger charge is -2.39. The van der Waals surface area contributed by atoms with E-state index in [0.29, 0.717) is 0 Å². The average molecular weight is 307 g/mol. The van der Waals surface area contributed by atoms with Gasteiger partial charge in [0.05, 0.1) is 0 Å². The van der Waals surface area contributed by atoms with Gasteiger partial charge in [0, 0.05) is 0 Å². The van der Waals surface area contributed by atoms with E-state index in [4.69, 9.17) is 0 Å². The molecular formula is C22H42. The van der Waals surface area contributed by atoms with Gasteiger partial charge in [0.1, 0.15) is 0 Å². The van der Waals surface area contributed by atoms with Crippen LogP contribution >= 0.6 is 0 Å². The highest BCUT2D eigenvalue weighted by Gasteiger charge is 2.31. The monoisotopic (exact) mass is 306 g/mol. The molecule has 2 rings (SSSR count). The Morgan fingerprint density at radius 2 is 1.27 bits per heavy atom. The Morgan fingerprint density at radius 3 is 1.82 bits per heavy atom. The van der Waals surface area contributed by atoms with Gasteiger partial charge in [-0.25, -0.2) is 0 Å². The van der Waals surface area contributed by atoms with Crippen LogP contribution in [0.15, 0.2) is 0 Å². The molecule has 0 bridgehead atoms. The van der Waals surface area contributed by atoms with Gasteiger partial charge in [-0.3, -0.25) is 0 Å². The molecule has 0 N–H and O–H groups in total. The van der Waals surface area contributed by atoms with Crippen LogP contribution < -0.4 is 0 Å². The molecule has 2 fully saturated rings. The van der Waals surface area contributed by atoms with Crippen molar-refractivity contribution in [2.24, 2.45) is 35.5 Å². The molecule has 0 saturated heterocycles. The maximum atomic E-state index is 2.55. The Kier molecular flexibility index (Phi) is 7.78. The molecule has 0 heterocycles. The summed E-state index contributed by atoms with van der Waals surface area (Å²) in [4.78, 5) is 0. The maximum Gasteiger partial charge on any atom is -0.0386 e. The van der Waals surface area contributed by atoms with E-state index in [9.17, 15) is 0 Å². The van der Waals surface area contributed by atoms with Gasteiger partial charge >= 0.3 is 0 Å². The van der Waals surface area contributed by atoms with E-state index in [1.807, 2.05) is 0 Å². The van der Waals surface area contributed by atoms with Gasteiger partial charge in [0.15, 0.2) is 0 Å².